The van der Waals surface area contributed by atoms with Crippen molar-refractivity contribution in [3.63, 3.8) is 0 Å². The zero-order valence-electron chi connectivity index (χ0n) is 10.5. The van der Waals surface area contributed by atoms with Gasteiger partial charge in [0.1, 0.15) is 5.76 Å². The van der Waals surface area contributed by atoms with Gasteiger partial charge < -0.3 is 4.74 Å². The minimum Gasteiger partial charge on any atom is -0.410 e. The third-order valence-corrected chi connectivity index (χ3v) is 2.03. The van der Waals surface area contributed by atoms with Crippen LogP contribution in [0.4, 0.5) is 13.2 Å². The molecular formula is C13H19F3O. The van der Waals surface area contributed by atoms with Crippen LogP contribution in [-0.2, 0) is 4.74 Å². The van der Waals surface area contributed by atoms with E-state index in [1.165, 1.54) is 6.08 Å². The Balaban J connectivity index is 0.00000121. The highest BCUT2D eigenvalue weighted by atomic mass is 19.4. The Morgan fingerprint density at radius 3 is 2.41 bits per heavy atom. The lowest BCUT2D eigenvalue weighted by atomic mass is 10.1. The molecule has 98 valence electrons. The Labute approximate surface area is 101 Å². The maximum absolute atomic E-state index is 12.0. The zero-order valence-corrected chi connectivity index (χ0v) is 10.5. The molecule has 0 heterocycles. The summed E-state index contributed by atoms with van der Waals surface area (Å²) in [6, 6.07) is 0. The maximum atomic E-state index is 12.0. The van der Waals surface area contributed by atoms with Gasteiger partial charge in [-0.3, -0.25) is 0 Å². The molecule has 0 spiro atoms. The molecular weight excluding hydrogens is 229 g/mol. The highest BCUT2D eigenvalue weighted by molar-refractivity contribution is 5.23. The fourth-order valence-electron chi connectivity index (χ4n) is 1.30. The van der Waals surface area contributed by atoms with Crippen LogP contribution in [0.5, 0.6) is 0 Å². The van der Waals surface area contributed by atoms with Crippen LogP contribution in [0.3, 0.4) is 0 Å². The largest absolute Gasteiger partial charge is 0.572 e. The Kier molecular flexibility index (Phi) is 7.42. The third kappa shape index (κ3) is 7.66. The second kappa shape index (κ2) is 7.98. The van der Waals surface area contributed by atoms with E-state index in [2.05, 4.69) is 4.74 Å². The Morgan fingerprint density at radius 1 is 1.24 bits per heavy atom. The molecule has 0 aromatic carbocycles. The van der Waals surface area contributed by atoms with Crippen molar-refractivity contribution in [3.8, 4) is 0 Å². The van der Waals surface area contributed by atoms with Crippen LogP contribution >= 0.6 is 0 Å². The van der Waals surface area contributed by atoms with Crippen molar-refractivity contribution in [3.05, 3.63) is 35.6 Å². The molecule has 4 heteroatoms. The number of halogens is 3. The number of alkyl halides is 3. The topological polar surface area (TPSA) is 9.23 Å². The normalized spacial score (nSPS) is 22.0. The molecule has 0 fully saturated rings. The number of hydrogen-bond donors (Lipinski definition) is 0. The molecule has 1 aliphatic rings. The molecule has 0 bridgehead atoms. The van der Waals surface area contributed by atoms with Gasteiger partial charge in [0, 0.05) is 6.42 Å². The van der Waals surface area contributed by atoms with Crippen LogP contribution in [0, 0.1) is 0 Å². The number of ether oxygens (including phenoxy) is 1. The summed E-state index contributed by atoms with van der Waals surface area (Å²) in [5, 5.41) is 0. The van der Waals surface area contributed by atoms with E-state index < -0.39 is 6.36 Å². The smallest absolute Gasteiger partial charge is 0.410 e. The Bertz CT molecular complexity index is 298. The second-order valence-electron chi connectivity index (χ2n) is 3.19. The first kappa shape index (κ1) is 15.8. The predicted molar refractivity (Wildman–Crippen MR) is 63.3 cm³/mol. The monoisotopic (exact) mass is 248 g/mol. The first-order valence-corrected chi connectivity index (χ1v) is 5.81. The van der Waals surface area contributed by atoms with E-state index in [0.717, 1.165) is 12.0 Å². The van der Waals surface area contributed by atoms with Crippen molar-refractivity contribution >= 4 is 0 Å². The van der Waals surface area contributed by atoms with E-state index in [4.69, 9.17) is 0 Å². The van der Waals surface area contributed by atoms with Crippen molar-refractivity contribution in [1.29, 1.82) is 0 Å². The van der Waals surface area contributed by atoms with Crippen molar-refractivity contribution in [2.45, 2.75) is 46.4 Å². The van der Waals surface area contributed by atoms with E-state index in [0.29, 0.717) is 6.42 Å². The molecule has 0 aromatic heterocycles. The van der Waals surface area contributed by atoms with Gasteiger partial charge >= 0.3 is 6.36 Å². The summed E-state index contributed by atoms with van der Waals surface area (Å²) in [5.41, 5.74) is 1.03. The summed E-state index contributed by atoms with van der Waals surface area (Å²) in [6.45, 7) is 5.96. The molecule has 0 amide bonds. The molecule has 0 N–H and O–H groups in total. The van der Waals surface area contributed by atoms with Crippen LogP contribution < -0.4 is 0 Å². The van der Waals surface area contributed by atoms with Crippen molar-refractivity contribution < 1.29 is 17.9 Å². The van der Waals surface area contributed by atoms with Gasteiger partial charge in [-0.25, -0.2) is 0 Å². The summed E-state index contributed by atoms with van der Waals surface area (Å²) in [7, 11) is 0. The number of hydrogen-bond acceptors (Lipinski definition) is 1. The predicted octanol–water partition coefficient (Wildman–Crippen LogP) is 5.12. The van der Waals surface area contributed by atoms with Gasteiger partial charge in [0.05, 0.1) is 0 Å². The highest BCUT2D eigenvalue weighted by Crippen LogP contribution is 2.24. The molecule has 1 aliphatic carbocycles. The Hall–Kier alpha value is -1.19. The van der Waals surface area contributed by atoms with E-state index >= 15 is 0 Å². The molecule has 0 unspecified atom stereocenters. The molecule has 0 saturated carbocycles. The summed E-state index contributed by atoms with van der Waals surface area (Å²) < 4.78 is 39.7. The summed E-state index contributed by atoms with van der Waals surface area (Å²) in [6.07, 6.45) is 3.87. The molecule has 0 saturated heterocycles. The zero-order chi connectivity index (χ0) is 13.3. The fraction of sp³-hybridized carbons (Fsp3) is 0.538. The first-order valence-electron chi connectivity index (χ1n) is 5.81. The van der Waals surface area contributed by atoms with Gasteiger partial charge in [0.2, 0.25) is 0 Å². The van der Waals surface area contributed by atoms with Gasteiger partial charge in [-0.05, 0) is 18.9 Å². The molecule has 0 aromatic rings. The van der Waals surface area contributed by atoms with Crippen LogP contribution in [0.2, 0.25) is 0 Å². The molecule has 17 heavy (non-hydrogen) atoms. The van der Waals surface area contributed by atoms with Crippen molar-refractivity contribution in [2.24, 2.45) is 0 Å². The van der Waals surface area contributed by atoms with Crippen molar-refractivity contribution in [1.82, 2.24) is 0 Å². The van der Waals surface area contributed by atoms with Crippen LogP contribution in [0.1, 0.15) is 40.0 Å². The van der Waals surface area contributed by atoms with Crippen LogP contribution in [0.15, 0.2) is 35.6 Å². The molecule has 0 atom stereocenters. The number of rotatable bonds is 2. The molecule has 0 aliphatic heterocycles. The van der Waals surface area contributed by atoms with Crippen LogP contribution in [-0.4, -0.2) is 6.36 Å². The van der Waals surface area contributed by atoms with Crippen LogP contribution in [0.25, 0.3) is 0 Å². The van der Waals surface area contributed by atoms with E-state index in [1.807, 2.05) is 32.9 Å². The minimum absolute atomic E-state index is 0.0298. The summed E-state index contributed by atoms with van der Waals surface area (Å²) in [4.78, 5) is 0. The standard InChI is InChI=1S/C11H13F3O.C2H6/c1-2-9-5-3-4-6-10(8-7-9)15-11(12,13)14;1-2/h3,5-7H,2,4,8H2,1H3;1-2H3/b5-3?,9-7-,10-6+;. The highest BCUT2D eigenvalue weighted by Gasteiger charge is 2.31. The lowest BCUT2D eigenvalue weighted by Gasteiger charge is -2.12. The molecule has 0 radical (unpaired) electrons. The SMILES string of the molecule is CC.CC/C1=C/C/C(OC(F)(F)F)=C\CC=C1. The van der Waals surface area contributed by atoms with Gasteiger partial charge in [0.25, 0.3) is 0 Å². The van der Waals surface area contributed by atoms with Gasteiger partial charge in [-0.1, -0.05) is 44.6 Å². The molecule has 1 nitrogen and oxygen atoms in total. The maximum Gasteiger partial charge on any atom is 0.572 e. The van der Waals surface area contributed by atoms with Gasteiger partial charge in [-0.2, -0.15) is 0 Å². The molecule has 1 rings (SSSR count). The van der Waals surface area contributed by atoms with E-state index in [9.17, 15) is 13.2 Å². The minimum atomic E-state index is -4.59. The van der Waals surface area contributed by atoms with Gasteiger partial charge in [0.15, 0.2) is 0 Å². The summed E-state index contributed by atoms with van der Waals surface area (Å²) in [5.74, 6) is -0.0298. The second-order valence-corrected chi connectivity index (χ2v) is 3.19. The lowest BCUT2D eigenvalue weighted by Crippen LogP contribution is -2.13. The number of allylic oxidation sites excluding steroid dienone is 5. The van der Waals surface area contributed by atoms with Crippen molar-refractivity contribution in [2.75, 3.05) is 0 Å². The van der Waals surface area contributed by atoms with Gasteiger partial charge in [-0.15, -0.1) is 13.2 Å². The first-order chi connectivity index (χ1) is 8.01. The van der Waals surface area contributed by atoms with E-state index in [1.54, 1.807) is 6.08 Å². The average Bonchev–Trinajstić information content (AvgIpc) is 2.24. The fourth-order valence-corrected chi connectivity index (χ4v) is 1.30. The lowest BCUT2D eigenvalue weighted by molar-refractivity contribution is -0.306. The average molecular weight is 248 g/mol. The third-order valence-electron chi connectivity index (χ3n) is 2.03. The summed E-state index contributed by atoms with van der Waals surface area (Å²) >= 11 is 0. The van der Waals surface area contributed by atoms with E-state index in [-0.39, 0.29) is 12.2 Å². The quantitative estimate of drug-likeness (QED) is 0.659. The Morgan fingerprint density at radius 2 is 1.88 bits per heavy atom.